The molecule has 0 aliphatic rings. The van der Waals surface area contributed by atoms with Crippen molar-refractivity contribution < 1.29 is 33.7 Å². The van der Waals surface area contributed by atoms with Crippen molar-refractivity contribution in [2.24, 2.45) is 11.0 Å². The fourth-order valence-corrected chi connectivity index (χ4v) is 2.60. The van der Waals surface area contributed by atoms with Crippen LogP contribution in [0.2, 0.25) is 0 Å². The predicted molar refractivity (Wildman–Crippen MR) is 110 cm³/mol. The van der Waals surface area contributed by atoms with Crippen LogP contribution in [0.3, 0.4) is 0 Å². The highest BCUT2D eigenvalue weighted by atomic mass is 16.6. The Morgan fingerprint density at radius 1 is 1.23 bits per heavy atom. The lowest BCUT2D eigenvalue weighted by atomic mass is 10.0. The number of esters is 2. The van der Waals surface area contributed by atoms with Crippen molar-refractivity contribution in [2.45, 2.75) is 45.4 Å². The predicted octanol–water partition coefficient (Wildman–Crippen LogP) is 1.52. The van der Waals surface area contributed by atoms with Gasteiger partial charge in [-0.3, -0.25) is 9.59 Å². The maximum atomic E-state index is 12.5. The minimum absolute atomic E-state index is 0.0910. The van der Waals surface area contributed by atoms with Crippen LogP contribution in [0.15, 0.2) is 29.4 Å². The van der Waals surface area contributed by atoms with E-state index in [0.717, 1.165) is 0 Å². The van der Waals surface area contributed by atoms with Crippen molar-refractivity contribution in [3.8, 4) is 5.75 Å². The number of aliphatic hydroxyl groups is 1. The van der Waals surface area contributed by atoms with Crippen molar-refractivity contribution in [3.05, 3.63) is 40.3 Å². The van der Waals surface area contributed by atoms with Gasteiger partial charge < -0.3 is 24.6 Å². The second kappa shape index (κ2) is 13.1. The van der Waals surface area contributed by atoms with Gasteiger partial charge in [-0.05, 0) is 29.1 Å². The summed E-state index contributed by atoms with van der Waals surface area (Å²) in [6.07, 6.45) is -0.582. The standard InChI is InChI=1S/C20H28N4O7/c1-12(2)18(23-24-21)19(27)22-17(20(28)29-4)9-14-5-7-15(8-6-14)31-16(10-25)11-30-13(3)26/h5-8,12,16-18,25H,9-11H2,1-4H3,(H,22,27)/t16-,17?,18-/m0/s1. The molecule has 0 spiro atoms. The number of nitrogens with one attached hydrogen (secondary N) is 1. The molecule has 0 aromatic heterocycles. The minimum atomic E-state index is -0.978. The van der Waals surface area contributed by atoms with Gasteiger partial charge in [0.1, 0.15) is 24.4 Å². The molecule has 0 radical (unpaired) electrons. The summed E-state index contributed by atoms with van der Waals surface area (Å²) in [6.45, 7) is 4.29. The molecule has 170 valence electrons. The van der Waals surface area contributed by atoms with E-state index in [-0.39, 0.29) is 25.6 Å². The normalized spacial score (nSPS) is 13.4. The van der Waals surface area contributed by atoms with Gasteiger partial charge in [0.05, 0.1) is 13.7 Å². The van der Waals surface area contributed by atoms with Crippen molar-refractivity contribution in [3.63, 3.8) is 0 Å². The summed E-state index contributed by atoms with van der Waals surface area (Å²) < 4.78 is 15.2. The van der Waals surface area contributed by atoms with Crippen LogP contribution in [0.4, 0.5) is 0 Å². The molecule has 0 aliphatic heterocycles. The van der Waals surface area contributed by atoms with Gasteiger partial charge in [-0.25, -0.2) is 4.79 Å². The van der Waals surface area contributed by atoms with Gasteiger partial charge in [0, 0.05) is 18.3 Å². The highest BCUT2D eigenvalue weighted by Gasteiger charge is 2.27. The van der Waals surface area contributed by atoms with E-state index in [9.17, 15) is 19.5 Å². The van der Waals surface area contributed by atoms with E-state index >= 15 is 0 Å². The molecule has 1 aromatic carbocycles. The molecule has 0 saturated heterocycles. The fourth-order valence-electron chi connectivity index (χ4n) is 2.60. The zero-order valence-electron chi connectivity index (χ0n) is 18.0. The highest BCUT2D eigenvalue weighted by Crippen LogP contribution is 2.16. The Hall–Kier alpha value is -3.30. The summed E-state index contributed by atoms with van der Waals surface area (Å²) >= 11 is 0. The first-order valence-corrected chi connectivity index (χ1v) is 9.64. The molecule has 1 rings (SSSR count). The molecule has 0 aliphatic carbocycles. The van der Waals surface area contributed by atoms with Crippen molar-refractivity contribution >= 4 is 17.8 Å². The van der Waals surface area contributed by atoms with Crippen LogP contribution in [0, 0.1) is 5.92 Å². The number of hydrogen-bond acceptors (Lipinski definition) is 8. The summed E-state index contributed by atoms with van der Waals surface area (Å²) in [7, 11) is 1.21. The van der Waals surface area contributed by atoms with Crippen molar-refractivity contribution in [2.75, 3.05) is 20.3 Å². The van der Waals surface area contributed by atoms with E-state index in [1.54, 1.807) is 38.1 Å². The maximum absolute atomic E-state index is 12.5. The number of aliphatic hydroxyl groups excluding tert-OH is 1. The van der Waals surface area contributed by atoms with Crippen LogP contribution in [-0.2, 0) is 30.3 Å². The van der Waals surface area contributed by atoms with Crippen LogP contribution in [0.1, 0.15) is 26.3 Å². The quantitative estimate of drug-likeness (QED) is 0.217. The lowest BCUT2D eigenvalue weighted by molar-refractivity contribution is -0.145. The second-order valence-corrected chi connectivity index (χ2v) is 7.05. The Kier molecular flexibility index (Phi) is 10.9. The third-order valence-corrected chi connectivity index (χ3v) is 4.22. The summed E-state index contributed by atoms with van der Waals surface area (Å²) in [6, 6.07) is 4.68. The van der Waals surface area contributed by atoms with Crippen LogP contribution < -0.4 is 10.1 Å². The number of amides is 1. The number of carbonyl (C=O) groups excluding carboxylic acids is 3. The highest BCUT2D eigenvalue weighted by molar-refractivity contribution is 5.88. The molecule has 0 heterocycles. The van der Waals surface area contributed by atoms with Crippen LogP contribution in [0.5, 0.6) is 5.75 Å². The Labute approximate surface area is 180 Å². The van der Waals surface area contributed by atoms with E-state index in [1.165, 1.54) is 14.0 Å². The maximum Gasteiger partial charge on any atom is 0.328 e. The van der Waals surface area contributed by atoms with Gasteiger partial charge in [0.15, 0.2) is 6.10 Å². The number of rotatable bonds is 12. The first-order valence-electron chi connectivity index (χ1n) is 9.64. The first kappa shape index (κ1) is 25.7. The van der Waals surface area contributed by atoms with Gasteiger partial charge in [-0.1, -0.05) is 31.1 Å². The number of azide groups is 1. The zero-order chi connectivity index (χ0) is 23.4. The van der Waals surface area contributed by atoms with Crippen molar-refractivity contribution in [1.29, 1.82) is 0 Å². The molecule has 1 aromatic rings. The Morgan fingerprint density at radius 3 is 2.35 bits per heavy atom. The largest absolute Gasteiger partial charge is 0.484 e. The molecule has 1 unspecified atom stereocenters. The van der Waals surface area contributed by atoms with Crippen LogP contribution >= 0.6 is 0 Å². The summed E-state index contributed by atoms with van der Waals surface area (Å²) in [5.74, 6) is -1.51. The monoisotopic (exact) mass is 436 g/mol. The molecule has 1 amide bonds. The van der Waals surface area contributed by atoms with Gasteiger partial charge in [0.25, 0.3) is 0 Å². The SMILES string of the molecule is COC(=O)C(Cc1ccc(O[C@@H](CO)COC(C)=O)cc1)NC(=O)[C@@H](N=[N+]=[N-])C(C)C. The van der Waals surface area contributed by atoms with Gasteiger partial charge in [0.2, 0.25) is 5.91 Å². The molecule has 2 N–H and O–H groups in total. The molecule has 3 atom stereocenters. The zero-order valence-corrected chi connectivity index (χ0v) is 18.0. The third-order valence-electron chi connectivity index (χ3n) is 4.22. The molecular formula is C20H28N4O7. The van der Waals surface area contributed by atoms with E-state index < -0.39 is 36.0 Å². The Bertz CT molecular complexity index is 791. The van der Waals surface area contributed by atoms with Gasteiger partial charge in [-0.2, -0.15) is 0 Å². The van der Waals surface area contributed by atoms with Gasteiger partial charge in [-0.15, -0.1) is 0 Å². The molecule has 31 heavy (non-hydrogen) atoms. The van der Waals surface area contributed by atoms with Crippen LogP contribution in [-0.4, -0.2) is 61.5 Å². The fraction of sp³-hybridized carbons (Fsp3) is 0.550. The number of methoxy groups -OCH3 is 1. The molecule has 11 heteroatoms. The lowest BCUT2D eigenvalue weighted by Gasteiger charge is -2.21. The molecule has 11 nitrogen and oxygen atoms in total. The molecule has 0 bridgehead atoms. The van der Waals surface area contributed by atoms with Crippen LogP contribution in [0.25, 0.3) is 10.4 Å². The third kappa shape index (κ3) is 8.93. The average Bonchev–Trinajstić information content (AvgIpc) is 2.74. The molecular weight excluding hydrogens is 408 g/mol. The Morgan fingerprint density at radius 2 is 1.87 bits per heavy atom. The summed E-state index contributed by atoms with van der Waals surface area (Å²) in [4.78, 5) is 38.2. The number of nitrogens with zero attached hydrogens (tertiary/aromatic N) is 3. The lowest BCUT2D eigenvalue weighted by Crippen LogP contribution is -2.47. The van der Waals surface area contributed by atoms with Gasteiger partial charge >= 0.3 is 11.9 Å². The minimum Gasteiger partial charge on any atom is -0.484 e. The van der Waals surface area contributed by atoms with E-state index in [2.05, 4.69) is 15.3 Å². The number of ether oxygens (including phenoxy) is 3. The number of hydrogen-bond donors (Lipinski definition) is 2. The summed E-state index contributed by atoms with van der Waals surface area (Å²) in [5.41, 5.74) is 9.36. The number of carbonyl (C=O) groups is 3. The second-order valence-electron chi connectivity index (χ2n) is 7.05. The Balaban J connectivity index is 2.85. The number of benzene rings is 1. The smallest absolute Gasteiger partial charge is 0.328 e. The topological polar surface area (TPSA) is 160 Å². The van der Waals surface area contributed by atoms with E-state index in [4.69, 9.17) is 19.7 Å². The first-order chi connectivity index (χ1) is 14.7. The average molecular weight is 436 g/mol. The van der Waals surface area contributed by atoms with Crippen molar-refractivity contribution in [1.82, 2.24) is 5.32 Å². The molecule has 0 saturated carbocycles. The van der Waals surface area contributed by atoms with E-state index in [0.29, 0.717) is 11.3 Å². The summed E-state index contributed by atoms with van der Waals surface area (Å²) in [5, 5.41) is 15.4. The van der Waals surface area contributed by atoms with E-state index in [1.807, 2.05) is 0 Å². The molecule has 0 fully saturated rings.